The summed E-state index contributed by atoms with van der Waals surface area (Å²) in [6.07, 6.45) is 0. The van der Waals surface area contributed by atoms with Gasteiger partial charge in [0.1, 0.15) is 6.61 Å². The maximum Gasteiger partial charge on any atom is 0.267 e. The average Bonchev–Trinajstić information content (AvgIpc) is 2.84. The summed E-state index contributed by atoms with van der Waals surface area (Å²) < 4.78 is 13.6. The van der Waals surface area contributed by atoms with Gasteiger partial charge >= 0.3 is 0 Å². The van der Waals surface area contributed by atoms with Gasteiger partial charge in [-0.25, -0.2) is 0 Å². The number of carbonyl (C=O) groups is 1. The number of aromatic nitrogens is 1. The van der Waals surface area contributed by atoms with Crippen LogP contribution in [0.3, 0.4) is 0 Å². The Morgan fingerprint density at radius 1 is 1.27 bits per heavy atom. The number of hydrogen-bond donors (Lipinski definition) is 1. The molecule has 5 heteroatoms. The fourth-order valence-electron chi connectivity index (χ4n) is 2.46. The molecule has 1 unspecified atom stereocenters. The van der Waals surface area contributed by atoms with E-state index in [1.807, 2.05) is 44.3 Å². The van der Waals surface area contributed by atoms with Crippen LogP contribution < -0.4 is 14.8 Å². The first kappa shape index (κ1) is 14.5. The van der Waals surface area contributed by atoms with E-state index in [4.69, 9.17) is 9.47 Å². The van der Waals surface area contributed by atoms with Crippen LogP contribution in [0.15, 0.2) is 36.4 Å². The first-order chi connectivity index (χ1) is 10.5. The van der Waals surface area contributed by atoms with Crippen molar-refractivity contribution in [2.75, 3.05) is 6.61 Å². The van der Waals surface area contributed by atoms with E-state index in [0.717, 1.165) is 11.4 Å². The lowest BCUT2D eigenvalue weighted by Crippen LogP contribution is -2.54. The Labute approximate surface area is 129 Å². The molecular weight excluding hydrogens is 280 g/mol. The molecule has 1 aromatic heterocycles. The van der Waals surface area contributed by atoms with E-state index >= 15 is 0 Å². The molecule has 1 amide bonds. The molecule has 0 bridgehead atoms. The zero-order valence-corrected chi connectivity index (χ0v) is 13.1. The number of nitrogens with one attached hydrogen (secondary N) is 1. The number of fused-ring (bicyclic) bond motifs is 1. The molecule has 1 aliphatic rings. The number of hydrogen-bond acceptors (Lipinski definition) is 3. The van der Waals surface area contributed by atoms with Gasteiger partial charge < -0.3 is 19.4 Å². The van der Waals surface area contributed by atoms with Crippen molar-refractivity contribution < 1.29 is 14.3 Å². The summed E-state index contributed by atoms with van der Waals surface area (Å²) in [6, 6.07) is 11.4. The third-order valence-electron chi connectivity index (χ3n) is 4.07. The smallest absolute Gasteiger partial charge is 0.267 e. The quantitative estimate of drug-likeness (QED) is 0.945. The summed E-state index contributed by atoms with van der Waals surface area (Å²) in [7, 11) is 1.98. The molecule has 1 aromatic carbocycles. The van der Waals surface area contributed by atoms with Crippen LogP contribution in [0, 0.1) is 6.92 Å². The van der Waals surface area contributed by atoms with Crippen molar-refractivity contribution in [3.05, 3.63) is 47.8 Å². The van der Waals surface area contributed by atoms with Gasteiger partial charge in [-0.1, -0.05) is 12.1 Å². The van der Waals surface area contributed by atoms with E-state index in [1.54, 1.807) is 13.0 Å². The number of ether oxygens (including phenoxy) is 2. The van der Waals surface area contributed by atoms with Crippen LogP contribution in [-0.4, -0.2) is 22.7 Å². The molecule has 2 aromatic rings. The molecule has 0 saturated carbocycles. The Morgan fingerprint density at radius 2 is 2.00 bits per heavy atom. The maximum atomic E-state index is 12.5. The summed E-state index contributed by atoms with van der Waals surface area (Å²) >= 11 is 0. The Kier molecular flexibility index (Phi) is 3.56. The molecule has 1 aliphatic heterocycles. The van der Waals surface area contributed by atoms with Crippen LogP contribution in [-0.2, 0) is 18.4 Å². The minimum Gasteiger partial charge on any atom is -0.485 e. The number of para-hydroxylation sites is 2. The van der Waals surface area contributed by atoms with Crippen molar-refractivity contribution in [1.82, 2.24) is 9.88 Å². The highest BCUT2D eigenvalue weighted by Crippen LogP contribution is 2.34. The molecule has 1 atom stereocenters. The number of amides is 1. The van der Waals surface area contributed by atoms with E-state index in [1.165, 1.54) is 0 Å². The molecule has 0 spiro atoms. The molecule has 3 rings (SSSR count). The molecule has 22 heavy (non-hydrogen) atoms. The van der Waals surface area contributed by atoms with Gasteiger partial charge in [-0.15, -0.1) is 0 Å². The third kappa shape index (κ3) is 2.54. The number of rotatable bonds is 3. The van der Waals surface area contributed by atoms with Gasteiger partial charge in [0.05, 0.1) is 6.54 Å². The molecular formula is C17H20N2O3. The lowest BCUT2D eigenvalue weighted by Gasteiger charge is -2.34. The Bertz CT molecular complexity index is 708. The standard InChI is InChI=1S/C17H20N2O3/c1-12-8-9-13(19(12)3)10-18-16(20)17(2)11-21-14-6-4-5-7-15(14)22-17/h4-9H,10-11H2,1-3H3,(H,18,20). The average molecular weight is 300 g/mol. The van der Waals surface area contributed by atoms with Gasteiger partial charge in [0.25, 0.3) is 5.91 Å². The topological polar surface area (TPSA) is 52.5 Å². The van der Waals surface area contributed by atoms with E-state index in [0.29, 0.717) is 18.0 Å². The summed E-state index contributed by atoms with van der Waals surface area (Å²) in [6.45, 7) is 4.43. The zero-order chi connectivity index (χ0) is 15.7. The summed E-state index contributed by atoms with van der Waals surface area (Å²) in [5.74, 6) is 1.09. The van der Waals surface area contributed by atoms with Crippen LogP contribution in [0.5, 0.6) is 11.5 Å². The van der Waals surface area contributed by atoms with Crippen molar-refractivity contribution in [2.45, 2.75) is 26.0 Å². The SMILES string of the molecule is Cc1ccc(CNC(=O)C2(C)COc3ccccc3O2)n1C. The summed E-state index contributed by atoms with van der Waals surface area (Å²) in [4.78, 5) is 12.5. The highest BCUT2D eigenvalue weighted by molar-refractivity contribution is 5.85. The molecule has 0 saturated heterocycles. The number of aryl methyl sites for hydroxylation is 1. The normalized spacial score (nSPS) is 19.8. The van der Waals surface area contributed by atoms with Crippen molar-refractivity contribution in [3.8, 4) is 11.5 Å². The molecule has 2 heterocycles. The second kappa shape index (κ2) is 5.40. The van der Waals surface area contributed by atoms with Gasteiger partial charge in [0, 0.05) is 18.4 Å². The minimum absolute atomic E-state index is 0.180. The van der Waals surface area contributed by atoms with E-state index in [9.17, 15) is 4.79 Å². The lowest BCUT2D eigenvalue weighted by atomic mass is 10.1. The largest absolute Gasteiger partial charge is 0.485 e. The number of benzene rings is 1. The van der Waals surface area contributed by atoms with E-state index < -0.39 is 5.60 Å². The van der Waals surface area contributed by atoms with Gasteiger partial charge in [-0.2, -0.15) is 0 Å². The first-order valence-electron chi connectivity index (χ1n) is 7.30. The predicted octanol–water partition coefficient (Wildman–Crippen LogP) is 2.18. The minimum atomic E-state index is -1.02. The van der Waals surface area contributed by atoms with Crippen LogP contribution in [0.4, 0.5) is 0 Å². The molecule has 0 aliphatic carbocycles. The summed E-state index contributed by atoms with van der Waals surface area (Å²) in [5.41, 5.74) is 1.18. The van der Waals surface area contributed by atoms with Gasteiger partial charge in [0.2, 0.25) is 5.60 Å². The van der Waals surface area contributed by atoms with Crippen molar-refractivity contribution in [1.29, 1.82) is 0 Å². The molecule has 0 fully saturated rings. The van der Waals surface area contributed by atoms with Crippen LogP contribution in [0.1, 0.15) is 18.3 Å². The maximum absolute atomic E-state index is 12.5. The van der Waals surface area contributed by atoms with E-state index in [-0.39, 0.29) is 12.5 Å². The monoisotopic (exact) mass is 300 g/mol. The molecule has 0 radical (unpaired) electrons. The molecule has 1 N–H and O–H groups in total. The van der Waals surface area contributed by atoms with Crippen LogP contribution >= 0.6 is 0 Å². The second-order valence-electron chi connectivity index (χ2n) is 5.78. The number of nitrogens with zero attached hydrogens (tertiary/aromatic N) is 1. The summed E-state index contributed by atoms with van der Waals surface area (Å²) in [5, 5.41) is 2.93. The fourth-order valence-corrected chi connectivity index (χ4v) is 2.46. The first-order valence-corrected chi connectivity index (χ1v) is 7.30. The van der Waals surface area contributed by atoms with Crippen molar-refractivity contribution in [2.24, 2.45) is 7.05 Å². The van der Waals surface area contributed by atoms with Gasteiger partial charge in [0.15, 0.2) is 11.5 Å². The molecule has 5 nitrogen and oxygen atoms in total. The highest BCUT2D eigenvalue weighted by atomic mass is 16.6. The van der Waals surface area contributed by atoms with Crippen LogP contribution in [0.2, 0.25) is 0 Å². The third-order valence-corrected chi connectivity index (χ3v) is 4.07. The Morgan fingerprint density at radius 3 is 2.68 bits per heavy atom. The second-order valence-corrected chi connectivity index (χ2v) is 5.78. The molecule has 116 valence electrons. The van der Waals surface area contributed by atoms with Gasteiger partial charge in [-0.05, 0) is 38.1 Å². The number of carbonyl (C=O) groups excluding carboxylic acids is 1. The zero-order valence-electron chi connectivity index (χ0n) is 13.1. The van der Waals surface area contributed by atoms with Gasteiger partial charge in [-0.3, -0.25) is 4.79 Å². The Hall–Kier alpha value is -2.43. The van der Waals surface area contributed by atoms with E-state index in [2.05, 4.69) is 9.88 Å². The fraction of sp³-hybridized carbons (Fsp3) is 0.353. The highest BCUT2D eigenvalue weighted by Gasteiger charge is 2.40. The lowest BCUT2D eigenvalue weighted by molar-refractivity contribution is -0.140. The van der Waals surface area contributed by atoms with Crippen LogP contribution in [0.25, 0.3) is 0 Å². The van der Waals surface area contributed by atoms with Crippen molar-refractivity contribution >= 4 is 5.91 Å². The Balaban J connectivity index is 1.69. The predicted molar refractivity (Wildman–Crippen MR) is 83.0 cm³/mol. The van der Waals surface area contributed by atoms with Crippen molar-refractivity contribution in [3.63, 3.8) is 0 Å².